The minimum absolute atomic E-state index is 0.0342. The molecule has 1 heterocycles. The van der Waals surface area contributed by atoms with E-state index in [1.807, 2.05) is 67.6 Å². The van der Waals surface area contributed by atoms with Crippen molar-refractivity contribution in [1.29, 1.82) is 0 Å². The Morgan fingerprint density at radius 1 is 0.917 bits per heavy atom. The van der Waals surface area contributed by atoms with E-state index in [9.17, 15) is 14.4 Å². The van der Waals surface area contributed by atoms with E-state index in [2.05, 4.69) is 5.32 Å². The predicted octanol–water partition coefficient (Wildman–Crippen LogP) is 4.01. The lowest BCUT2D eigenvalue weighted by molar-refractivity contribution is -0.145. The number of benzene rings is 3. The Morgan fingerprint density at radius 2 is 1.53 bits per heavy atom. The topological polar surface area (TPSA) is 94.8 Å². The van der Waals surface area contributed by atoms with Gasteiger partial charge in [0.25, 0.3) is 0 Å². The van der Waals surface area contributed by atoms with Crippen LogP contribution in [-0.4, -0.2) is 32.1 Å². The average molecular weight is 486 g/mol. The zero-order valence-electron chi connectivity index (χ0n) is 20.3. The standard InChI is InChI=1S/C29H27NO6/c1-29(20-10-6-4-7-11-20,21-12-8-5-9-13-21)28(33)30-24(27(32)35-3)16-19-17-26(31)36-25-18-22(34-2)14-15-23(19)25/h4-15,17-18,24H,16H2,1-3H3,(H,30,33)/t24-/m1/s1. The SMILES string of the molecule is COC(=O)[C@@H](Cc1cc(=O)oc2cc(OC)ccc12)NC(=O)C(C)(c1ccccc1)c1ccccc1. The van der Waals surface area contributed by atoms with E-state index < -0.39 is 23.1 Å². The van der Waals surface area contributed by atoms with Gasteiger partial charge in [-0.2, -0.15) is 0 Å². The fourth-order valence-corrected chi connectivity index (χ4v) is 4.34. The first-order valence-electron chi connectivity index (χ1n) is 11.5. The van der Waals surface area contributed by atoms with E-state index in [0.717, 1.165) is 11.1 Å². The largest absolute Gasteiger partial charge is 0.497 e. The summed E-state index contributed by atoms with van der Waals surface area (Å²) >= 11 is 0. The summed E-state index contributed by atoms with van der Waals surface area (Å²) in [5.74, 6) is -0.465. The molecular formula is C29H27NO6. The highest BCUT2D eigenvalue weighted by Gasteiger charge is 2.39. The first-order valence-corrected chi connectivity index (χ1v) is 11.5. The lowest BCUT2D eigenvalue weighted by Gasteiger charge is -2.31. The quantitative estimate of drug-likeness (QED) is 0.299. The van der Waals surface area contributed by atoms with Crippen LogP contribution in [0.1, 0.15) is 23.6 Å². The monoisotopic (exact) mass is 485 g/mol. The summed E-state index contributed by atoms with van der Waals surface area (Å²) in [6.07, 6.45) is 0.0342. The summed E-state index contributed by atoms with van der Waals surface area (Å²) < 4.78 is 15.6. The highest BCUT2D eigenvalue weighted by Crippen LogP contribution is 2.32. The van der Waals surface area contributed by atoms with Gasteiger partial charge in [0.15, 0.2) is 0 Å². The molecule has 3 aromatic carbocycles. The van der Waals surface area contributed by atoms with Crippen LogP contribution < -0.4 is 15.7 Å². The van der Waals surface area contributed by atoms with Gasteiger partial charge in [-0.05, 0) is 35.7 Å². The van der Waals surface area contributed by atoms with Gasteiger partial charge >= 0.3 is 11.6 Å². The third kappa shape index (κ3) is 4.86. The molecule has 4 rings (SSSR count). The second-order valence-electron chi connectivity index (χ2n) is 8.56. The van der Waals surface area contributed by atoms with E-state index in [4.69, 9.17) is 13.9 Å². The van der Waals surface area contributed by atoms with Crippen LogP contribution in [0.3, 0.4) is 0 Å². The van der Waals surface area contributed by atoms with E-state index in [-0.39, 0.29) is 12.3 Å². The summed E-state index contributed by atoms with van der Waals surface area (Å²) in [6.45, 7) is 1.82. The number of fused-ring (bicyclic) bond motifs is 1. The molecule has 7 nitrogen and oxygen atoms in total. The summed E-state index contributed by atoms with van der Waals surface area (Å²) in [6, 6.07) is 24.1. The van der Waals surface area contributed by atoms with Gasteiger partial charge < -0.3 is 19.2 Å². The van der Waals surface area contributed by atoms with E-state index in [0.29, 0.717) is 22.3 Å². The van der Waals surface area contributed by atoms with E-state index >= 15 is 0 Å². The van der Waals surface area contributed by atoms with Crippen molar-refractivity contribution in [2.45, 2.75) is 24.8 Å². The van der Waals surface area contributed by atoms with E-state index in [1.54, 1.807) is 18.2 Å². The molecule has 0 fully saturated rings. The van der Waals surface area contributed by atoms with Gasteiger partial charge in [-0.1, -0.05) is 60.7 Å². The van der Waals surface area contributed by atoms with Gasteiger partial charge in [0.05, 0.1) is 19.6 Å². The zero-order chi connectivity index (χ0) is 25.7. The number of methoxy groups -OCH3 is 2. The van der Waals surface area contributed by atoms with Gasteiger partial charge in [-0.25, -0.2) is 9.59 Å². The first-order chi connectivity index (χ1) is 17.4. The smallest absolute Gasteiger partial charge is 0.336 e. The number of esters is 1. The van der Waals surface area contributed by atoms with Crippen LogP contribution in [0.2, 0.25) is 0 Å². The summed E-state index contributed by atoms with van der Waals surface area (Å²) in [5.41, 5.74) is 0.760. The lowest BCUT2D eigenvalue weighted by Crippen LogP contribution is -2.51. The molecule has 0 radical (unpaired) electrons. The molecular weight excluding hydrogens is 458 g/mol. The minimum atomic E-state index is -1.08. The Bertz CT molecular complexity index is 1390. The van der Waals surface area contributed by atoms with Crippen LogP contribution in [-0.2, 0) is 26.2 Å². The molecule has 0 unspecified atom stereocenters. The molecule has 0 aliphatic carbocycles. The maximum absolute atomic E-state index is 13.9. The summed E-state index contributed by atoms with van der Waals surface area (Å²) in [7, 11) is 2.78. The van der Waals surface area contributed by atoms with Gasteiger partial charge in [-0.3, -0.25) is 4.79 Å². The number of ether oxygens (including phenoxy) is 2. The molecule has 0 saturated carbocycles. The van der Waals surface area contributed by atoms with Crippen LogP contribution in [0, 0.1) is 0 Å². The number of nitrogens with one attached hydrogen (secondary N) is 1. The molecule has 1 atom stereocenters. The highest BCUT2D eigenvalue weighted by molar-refractivity contribution is 5.95. The normalized spacial score (nSPS) is 12.1. The van der Waals surface area contributed by atoms with Crippen LogP contribution in [0.25, 0.3) is 11.0 Å². The first kappa shape index (κ1) is 24.7. The van der Waals surface area contributed by atoms with Crippen molar-refractivity contribution in [3.63, 3.8) is 0 Å². The molecule has 7 heteroatoms. The Hall–Kier alpha value is -4.39. The highest BCUT2D eigenvalue weighted by atomic mass is 16.5. The van der Waals surface area contributed by atoms with E-state index in [1.165, 1.54) is 20.3 Å². The van der Waals surface area contributed by atoms with Crippen LogP contribution in [0.4, 0.5) is 0 Å². The molecule has 0 spiro atoms. The minimum Gasteiger partial charge on any atom is -0.497 e. The fraction of sp³-hybridized carbons (Fsp3) is 0.207. The molecule has 1 aromatic heterocycles. The van der Waals surface area contributed by atoms with Crippen molar-refractivity contribution in [3.05, 3.63) is 112 Å². The average Bonchev–Trinajstić information content (AvgIpc) is 2.92. The van der Waals surface area contributed by atoms with Gasteiger partial charge in [0.1, 0.15) is 17.4 Å². The third-order valence-corrected chi connectivity index (χ3v) is 6.41. The van der Waals surface area contributed by atoms with Gasteiger partial charge in [0.2, 0.25) is 5.91 Å². The number of carbonyl (C=O) groups is 2. The summed E-state index contributed by atoms with van der Waals surface area (Å²) in [4.78, 5) is 39.0. The summed E-state index contributed by atoms with van der Waals surface area (Å²) in [5, 5.41) is 3.52. The molecule has 0 bridgehead atoms. The molecule has 4 aromatic rings. The van der Waals surface area contributed by atoms with Crippen molar-refractivity contribution >= 4 is 22.8 Å². The molecule has 36 heavy (non-hydrogen) atoms. The van der Waals surface area contributed by atoms with Crippen molar-refractivity contribution in [2.24, 2.45) is 0 Å². The van der Waals surface area contributed by atoms with Crippen molar-refractivity contribution in [1.82, 2.24) is 5.32 Å². The van der Waals surface area contributed by atoms with Crippen LogP contribution in [0.15, 0.2) is 94.1 Å². The molecule has 1 N–H and O–H groups in total. The molecule has 0 aliphatic rings. The Morgan fingerprint density at radius 3 is 2.08 bits per heavy atom. The molecule has 184 valence electrons. The fourth-order valence-electron chi connectivity index (χ4n) is 4.34. The maximum Gasteiger partial charge on any atom is 0.336 e. The number of carbonyl (C=O) groups excluding carboxylic acids is 2. The lowest BCUT2D eigenvalue weighted by atomic mass is 9.75. The number of hydrogen-bond donors (Lipinski definition) is 1. The Labute approximate surface area is 208 Å². The number of rotatable bonds is 8. The van der Waals surface area contributed by atoms with Gasteiger partial charge in [0, 0.05) is 23.9 Å². The molecule has 0 saturated heterocycles. The number of amides is 1. The van der Waals surface area contributed by atoms with Crippen LogP contribution >= 0.6 is 0 Å². The third-order valence-electron chi connectivity index (χ3n) is 6.41. The Kier molecular flexibility index (Phi) is 7.20. The predicted molar refractivity (Wildman–Crippen MR) is 136 cm³/mol. The van der Waals surface area contributed by atoms with Crippen molar-refractivity contribution < 1.29 is 23.5 Å². The maximum atomic E-state index is 13.9. The number of hydrogen-bond acceptors (Lipinski definition) is 6. The molecule has 1 amide bonds. The van der Waals surface area contributed by atoms with Crippen molar-refractivity contribution in [3.8, 4) is 5.75 Å². The Balaban J connectivity index is 1.73. The van der Waals surface area contributed by atoms with Crippen molar-refractivity contribution in [2.75, 3.05) is 14.2 Å². The van der Waals surface area contributed by atoms with Crippen LogP contribution in [0.5, 0.6) is 5.75 Å². The molecule has 0 aliphatic heterocycles. The van der Waals surface area contributed by atoms with Gasteiger partial charge in [-0.15, -0.1) is 0 Å². The second kappa shape index (κ2) is 10.5. The second-order valence-corrected chi connectivity index (χ2v) is 8.56. The zero-order valence-corrected chi connectivity index (χ0v) is 20.3.